The Kier molecular flexibility index (Phi) is 8.49. The van der Waals surface area contributed by atoms with Crippen LogP contribution in [0, 0.1) is 5.92 Å². The molecule has 2 aromatic rings. The molecule has 1 atom stereocenters. The molecule has 140 valence electrons. The van der Waals surface area contributed by atoms with Crippen molar-refractivity contribution in [2.75, 3.05) is 6.61 Å². The van der Waals surface area contributed by atoms with Crippen LogP contribution in [0.5, 0.6) is 5.75 Å². The Morgan fingerprint density at radius 1 is 1.23 bits per heavy atom. The van der Waals surface area contributed by atoms with Crippen molar-refractivity contribution in [3.05, 3.63) is 46.6 Å². The van der Waals surface area contributed by atoms with E-state index in [2.05, 4.69) is 34.2 Å². The second-order valence-corrected chi connectivity index (χ2v) is 6.66. The highest BCUT2D eigenvalue weighted by Gasteiger charge is 2.07. The van der Waals surface area contributed by atoms with E-state index in [4.69, 9.17) is 10.3 Å². The highest BCUT2D eigenvalue weighted by Crippen LogP contribution is 2.18. The number of hydrogen-bond acceptors (Lipinski definition) is 4. The molecule has 2 rings (SSSR count). The lowest BCUT2D eigenvalue weighted by molar-refractivity contribution is 0.298. The van der Waals surface area contributed by atoms with Crippen molar-refractivity contribution in [1.29, 1.82) is 0 Å². The maximum atomic E-state index is 8.38. The van der Waals surface area contributed by atoms with Gasteiger partial charge >= 0.3 is 0 Å². The van der Waals surface area contributed by atoms with Crippen LogP contribution in [0.2, 0.25) is 0 Å². The molecule has 7 heteroatoms. The van der Waals surface area contributed by atoms with E-state index in [0.717, 1.165) is 30.8 Å². The minimum Gasteiger partial charge on any atom is -0.494 e. The van der Waals surface area contributed by atoms with Crippen LogP contribution in [0.15, 0.2) is 35.6 Å². The molecule has 0 amide bonds. The predicted molar refractivity (Wildman–Crippen MR) is 102 cm³/mol. The van der Waals surface area contributed by atoms with E-state index in [-0.39, 0.29) is 0 Å². The van der Waals surface area contributed by atoms with Crippen molar-refractivity contribution in [2.24, 2.45) is 11.0 Å². The number of hydrogen-bond donors (Lipinski definition) is 0. The maximum Gasteiger partial charge on any atom is 0.119 e. The van der Waals surface area contributed by atoms with E-state index in [1.165, 1.54) is 25.7 Å². The number of nitrogens with zero attached hydrogens (tertiary/aromatic N) is 6. The van der Waals surface area contributed by atoms with Gasteiger partial charge < -0.3 is 4.74 Å². The Hall–Kier alpha value is -2.53. The lowest BCUT2D eigenvalue weighted by atomic mass is 9.99. The second kappa shape index (κ2) is 11.2. The number of aryl methyl sites for hydroxylation is 1. The third kappa shape index (κ3) is 7.15. The normalized spacial score (nSPS) is 11.8. The van der Waals surface area contributed by atoms with Gasteiger partial charge in [-0.3, -0.25) is 4.68 Å². The zero-order valence-corrected chi connectivity index (χ0v) is 15.7. The second-order valence-electron chi connectivity index (χ2n) is 6.66. The van der Waals surface area contributed by atoms with Gasteiger partial charge in [0, 0.05) is 29.8 Å². The highest BCUT2D eigenvalue weighted by atomic mass is 16.5. The molecule has 0 aliphatic carbocycles. The summed E-state index contributed by atoms with van der Waals surface area (Å²) in [6.07, 6.45) is 9.03. The van der Waals surface area contributed by atoms with Gasteiger partial charge in [-0.05, 0) is 42.1 Å². The quantitative estimate of drug-likeness (QED) is 0.219. The number of unbranched alkanes of at least 4 members (excludes halogenated alkanes) is 2. The standard InChI is InChI=1S/C19H28N6O/c1-3-4-5-7-16(2)14-18-15-25(24-22-18)12-6-13-26-19-10-8-17(9-11-19)21-23-20/h8-11,15-16H,3-7,12-14H2,1-2H3. The molecule has 0 radical (unpaired) electrons. The summed E-state index contributed by atoms with van der Waals surface area (Å²) in [6, 6.07) is 7.08. The first-order valence-corrected chi connectivity index (χ1v) is 9.38. The van der Waals surface area contributed by atoms with Gasteiger partial charge in [0.1, 0.15) is 5.75 Å². The molecule has 1 aromatic carbocycles. The van der Waals surface area contributed by atoms with Crippen LogP contribution >= 0.6 is 0 Å². The lowest BCUT2D eigenvalue weighted by Crippen LogP contribution is -2.05. The fourth-order valence-corrected chi connectivity index (χ4v) is 2.82. The first kappa shape index (κ1) is 19.8. The van der Waals surface area contributed by atoms with Crippen molar-refractivity contribution in [3.8, 4) is 5.75 Å². The molecule has 0 bridgehead atoms. The summed E-state index contributed by atoms with van der Waals surface area (Å²) in [5, 5.41) is 12.0. The fraction of sp³-hybridized carbons (Fsp3) is 0.579. The van der Waals surface area contributed by atoms with E-state index >= 15 is 0 Å². The minimum atomic E-state index is 0.582. The molecule has 0 N–H and O–H groups in total. The molecule has 0 saturated carbocycles. The zero-order valence-electron chi connectivity index (χ0n) is 15.7. The fourth-order valence-electron chi connectivity index (χ4n) is 2.82. The van der Waals surface area contributed by atoms with Gasteiger partial charge in [-0.2, -0.15) is 0 Å². The molecule has 0 aliphatic heterocycles. The van der Waals surface area contributed by atoms with Crippen molar-refractivity contribution < 1.29 is 4.74 Å². The summed E-state index contributed by atoms with van der Waals surface area (Å²) >= 11 is 0. The van der Waals surface area contributed by atoms with E-state index in [0.29, 0.717) is 18.2 Å². The molecule has 0 aliphatic rings. The Balaban J connectivity index is 1.66. The van der Waals surface area contributed by atoms with Gasteiger partial charge in [0.05, 0.1) is 12.3 Å². The largest absolute Gasteiger partial charge is 0.494 e. The summed E-state index contributed by atoms with van der Waals surface area (Å²) in [6.45, 7) is 5.91. The summed E-state index contributed by atoms with van der Waals surface area (Å²) in [7, 11) is 0. The molecule has 26 heavy (non-hydrogen) atoms. The molecule has 1 unspecified atom stereocenters. The van der Waals surface area contributed by atoms with E-state index in [9.17, 15) is 0 Å². The molecule has 1 aromatic heterocycles. The summed E-state index contributed by atoms with van der Waals surface area (Å²) in [5.74, 6) is 1.42. The smallest absolute Gasteiger partial charge is 0.119 e. The van der Waals surface area contributed by atoms with Crippen LogP contribution < -0.4 is 4.74 Å². The molecule has 7 nitrogen and oxygen atoms in total. The van der Waals surface area contributed by atoms with Gasteiger partial charge in [-0.1, -0.05) is 49.9 Å². The molecular formula is C19H28N6O. The molecule has 0 spiro atoms. The Morgan fingerprint density at radius 3 is 2.77 bits per heavy atom. The van der Waals surface area contributed by atoms with E-state index in [1.807, 2.05) is 10.9 Å². The van der Waals surface area contributed by atoms with E-state index < -0.39 is 0 Å². The van der Waals surface area contributed by atoms with Crippen molar-refractivity contribution in [3.63, 3.8) is 0 Å². The van der Waals surface area contributed by atoms with Crippen LogP contribution in [0.4, 0.5) is 5.69 Å². The van der Waals surface area contributed by atoms with Gasteiger partial charge in [-0.15, -0.1) is 5.10 Å². The summed E-state index contributed by atoms with van der Waals surface area (Å²) in [5.41, 5.74) is 10.0. The molecule has 0 fully saturated rings. The van der Waals surface area contributed by atoms with Gasteiger partial charge in [0.2, 0.25) is 0 Å². The number of aromatic nitrogens is 3. The van der Waals surface area contributed by atoms with E-state index in [1.54, 1.807) is 24.3 Å². The number of rotatable bonds is 12. The molecule has 0 saturated heterocycles. The van der Waals surface area contributed by atoms with Crippen LogP contribution in [0.3, 0.4) is 0 Å². The third-order valence-corrected chi connectivity index (χ3v) is 4.24. The lowest BCUT2D eigenvalue weighted by Gasteiger charge is -2.08. The van der Waals surface area contributed by atoms with Crippen LogP contribution in [-0.4, -0.2) is 21.6 Å². The molecule has 1 heterocycles. The van der Waals surface area contributed by atoms with Gasteiger partial charge in [0.15, 0.2) is 0 Å². The van der Waals surface area contributed by atoms with Crippen molar-refractivity contribution in [2.45, 2.75) is 58.9 Å². The van der Waals surface area contributed by atoms with Crippen molar-refractivity contribution in [1.82, 2.24) is 15.0 Å². The number of benzene rings is 1. The first-order valence-electron chi connectivity index (χ1n) is 9.38. The summed E-state index contributed by atoms with van der Waals surface area (Å²) < 4.78 is 7.58. The monoisotopic (exact) mass is 356 g/mol. The van der Waals surface area contributed by atoms with Crippen LogP contribution in [0.1, 0.15) is 51.6 Å². The van der Waals surface area contributed by atoms with Crippen LogP contribution in [-0.2, 0) is 13.0 Å². The average molecular weight is 356 g/mol. The predicted octanol–water partition coefficient (Wildman–Crippen LogP) is 5.45. The number of ether oxygens (including phenoxy) is 1. The van der Waals surface area contributed by atoms with Crippen LogP contribution in [0.25, 0.3) is 10.4 Å². The van der Waals surface area contributed by atoms with Gasteiger partial charge in [0.25, 0.3) is 0 Å². The minimum absolute atomic E-state index is 0.582. The average Bonchev–Trinajstić information content (AvgIpc) is 3.08. The first-order chi connectivity index (χ1) is 12.7. The Bertz CT molecular complexity index is 690. The topological polar surface area (TPSA) is 88.7 Å². The SMILES string of the molecule is CCCCCC(C)Cc1cn(CCCOc2ccc(N=[N+]=[N-])cc2)nn1. The maximum absolute atomic E-state index is 8.38. The molecular weight excluding hydrogens is 328 g/mol. The number of azide groups is 1. The Labute approximate surface area is 155 Å². The third-order valence-electron chi connectivity index (χ3n) is 4.24. The summed E-state index contributed by atoms with van der Waals surface area (Å²) in [4.78, 5) is 2.75. The van der Waals surface area contributed by atoms with Gasteiger partial charge in [-0.25, -0.2) is 0 Å². The highest BCUT2D eigenvalue weighted by molar-refractivity contribution is 5.40. The zero-order chi connectivity index (χ0) is 18.6. The van der Waals surface area contributed by atoms with Crippen molar-refractivity contribution >= 4 is 5.69 Å². The Morgan fingerprint density at radius 2 is 2.04 bits per heavy atom.